The Balaban J connectivity index is 1.62. The molecule has 4 rings (SSSR count). The molecule has 2 aromatic heterocycles. The number of carbonyl (C=O) groups excluding carboxylic acids is 1. The van der Waals surface area contributed by atoms with Crippen LogP contribution in [0.15, 0.2) is 64.0 Å². The van der Waals surface area contributed by atoms with Crippen molar-refractivity contribution in [2.75, 3.05) is 5.32 Å². The van der Waals surface area contributed by atoms with Crippen LogP contribution in [0.2, 0.25) is 0 Å². The van der Waals surface area contributed by atoms with Crippen LogP contribution < -0.4 is 10.9 Å². The minimum absolute atomic E-state index is 0.171. The van der Waals surface area contributed by atoms with Gasteiger partial charge in [-0.25, -0.2) is 4.39 Å². The molecule has 0 spiro atoms. The summed E-state index contributed by atoms with van der Waals surface area (Å²) >= 11 is 3.36. The molecule has 0 bridgehead atoms. The van der Waals surface area contributed by atoms with Crippen molar-refractivity contribution in [1.82, 2.24) is 14.8 Å². The van der Waals surface area contributed by atoms with E-state index in [1.807, 2.05) is 6.07 Å². The molecule has 0 atom stereocenters. The highest BCUT2D eigenvalue weighted by Crippen LogP contribution is 2.23. The van der Waals surface area contributed by atoms with E-state index in [4.69, 9.17) is 0 Å². The van der Waals surface area contributed by atoms with Crippen LogP contribution in [0.3, 0.4) is 0 Å². The van der Waals surface area contributed by atoms with Crippen LogP contribution in [0.25, 0.3) is 10.8 Å². The van der Waals surface area contributed by atoms with Crippen molar-refractivity contribution < 1.29 is 9.18 Å². The van der Waals surface area contributed by atoms with E-state index in [-0.39, 0.29) is 29.4 Å². The summed E-state index contributed by atoms with van der Waals surface area (Å²) in [6, 6.07) is 13.5. The van der Waals surface area contributed by atoms with Crippen LogP contribution >= 0.6 is 15.9 Å². The number of anilines is 1. The number of hydrogen-bond acceptors (Lipinski definition) is 3. The van der Waals surface area contributed by atoms with E-state index in [9.17, 15) is 14.0 Å². The van der Waals surface area contributed by atoms with Crippen LogP contribution in [-0.2, 0) is 6.54 Å². The van der Waals surface area contributed by atoms with Gasteiger partial charge >= 0.3 is 0 Å². The van der Waals surface area contributed by atoms with Crippen LogP contribution in [-0.4, -0.2) is 20.7 Å². The number of aromatic nitrogens is 3. The van der Waals surface area contributed by atoms with Crippen molar-refractivity contribution in [3.05, 3.63) is 92.2 Å². The highest BCUT2D eigenvalue weighted by atomic mass is 79.9. The van der Waals surface area contributed by atoms with Gasteiger partial charge in [0.1, 0.15) is 11.5 Å². The van der Waals surface area contributed by atoms with Crippen molar-refractivity contribution in [3.63, 3.8) is 0 Å². The molecule has 6 nitrogen and oxygen atoms in total. The molecule has 0 aliphatic carbocycles. The van der Waals surface area contributed by atoms with Gasteiger partial charge in [-0.1, -0.05) is 36.4 Å². The lowest BCUT2D eigenvalue weighted by atomic mass is 10.1. The van der Waals surface area contributed by atoms with Gasteiger partial charge < -0.3 is 10.3 Å². The molecule has 2 aromatic carbocycles. The number of H-pyrrole nitrogens is 1. The average Bonchev–Trinajstić information content (AvgIpc) is 3.05. The fourth-order valence-electron chi connectivity index (χ4n) is 3.18. The zero-order chi connectivity index (χ0) is 20.5. The molecule has 8 heteroatoms. The predicted molar refractivity (Wildman–Crippen MR) is 113 cm³/mol. The molecule has 0 fully saturated rings. The molecule has 1 amide bonds. The maximum Gasteiger partial charge on any atom is 0.273 e. The van der Waals surface area contributed by atoms with Gasteiger partial charge in [-0.05, 0) is 45.9 Å². The summed E-state index contributed by atoms with van der Waals surface area (Å²) in [7, 11) is 0. The third-order valence-electron chi connectivity index (χ3n) is 4.66. The number of halogens is 2. The summed E-state index contributed by atoms with van der Waals surface area (Å²) in [5.41, 5.74) is 0.986. The summed E-state index contributed by atoms with van der Waals surface area (Å²) < 4.78 is 15.9. The molecule has 2 heterocycles. The molecular weight excluding hydrogens is 439 g/mol. The molecule has 0 saturated heterocycles. The van der Waals surface area contributed by atoms with Crippen molar-refractivity contribution >= 4 is 38.4 Å². The topological polar surface area (TPSA) is 79.8 Å². The van der Waals surface area contributed by atoms with Gasteiger partial charge in [0.15, 0.2) is 5.82 Å². The minimum atomic E-state index is -0.484. The maximum atomic E-state index is 13.9. The third-order valence-corrected chi connectivity index (χ3v) is 5.24. The number of carbonyl (C=O) groups is 1. The molecule has 0 aliphatic heterocycles. The fraction of sp³-hybridized carbons (Fsp3) is 0.0952. The number of hydrogen-bond donors (Lipinski definition) is 2. The summed E-state index contributed by atoms with van der Waals surface area (Å²) in [5, 5.41) is 8.24. The van der Waals surface area contributed by atoms with Crippen LogP contribution in [0, 0.1) is 12.7 Å². The Hall–Kier alpha value is -3.26. The number of amides is 1. The average molecular weight is 455 g/mol. The maximum absolute atomic E-state index is 13.9. The van der Waals surface area contributed by atoms with Crippen LogP contribution in [0.1, 0.15) is 21.6 Å². The monoisotopic (exact) mass is 454 g/mol. The highest BCUT2D eigenvalue weighted by molar-refractivity contribution is 9.10. The Morgan fingerprint density at radius 3 is 2.62 bits per heavy atom. The number of pyridine rings is 1. The molecule has 0 aliphatic rings. The standard InChI is InChI=1S/C21H16BrFN4O2/c1-12-14-7-3-4-8-15(14)20(28)24-18(12)21(29)25-19-16(22)11-27(26-19)10-13-6-2-5-9-17(13)23/h2-9,11H,10H2,1H3,(H,24,28)(H,25,26,29). The summed E-state index contributed by atoms with van der Waals surface area (Å²) in [6.07, 6.45) is 1.65. The quantitative estimate of drug-likeness (QED) is 0.483. The first-order chi connectivity index (χ1) is 13.9. The number of fused-ring (bicyclic) bond motifs is 1. The molecule has 0 unspecified atom stereocenters. The van der Waals surface area contributed by atoms with E-state index < -0.39 is 5.91 Å². The van der Waals surface area contributed by atoms with Gasteiger partial charge in [0.2, 0.25) is 0 Å². The van der Waals surface area contributed by atoms with E-state index in [0.717, 1.165) is 0 Å². The molecule has 29 heavy (non-hydrogen) atoms. The smallest absolute Gasteiger partial charge is 0.273 e. The lowest BCUT2D eigenvalue weighted by Crippen LogP contribution is -2.21. The van der Waals surface area contributed by atoms with Gasteiger partial charge in [-0.3, -0.25) is 14.3 Å². The van der Waals surface area contributed by atoms with Gasteiger partial charge in [-0.15, -0.1) is 0 Å². The minimum Gasteiger partial charge on any atom is -0.317 e. The van der Waals surface area contributed by atoms with E-state index >= 15 is 0 Å². The van der Waals surface area contributed by atoms with Crippen molar-refractivity contribution in [1.29, 1.82) is 0 Å². The molecule has 4 aromatic rings. The normalized spacial score (nSPS) is 11.0. The Bertz CT molecular complexity index is 1300. The third kappa shape index (κ3) is 3.71. The number of rotatable bonds is 4. The number of benzene rings is 2. The highest BCUT2D eigenvalue weighted by Gasteiger charge is 2.17. The number of aryl methyl sites for hydroxylation is 1. The second-order valence-corrected chi connectivity index (χ2v) is 7.42. The molecule has 0 saturated carbocycles. The first-order valence-electron chi connectivity index (χ1n) is 8.83. The molecule has 146 valence electrons. The molecular formula is C21H16BrFN4O2. The Morgan fingerprint density at radius 1 is 1.17 bits per heavy atom. The SMILES string of the molecule is Cc1c(C(=O)Nc2nn(Cc3ccccc3F)cc2Br)[nH]c(=O)c2ccccc12. The number of nitrogens with one attached hydrogen (secondary N) is 2. The summed E-state index contributed by atoms with van der Waals surface area (Å²) in [6.45, 7) is 1.99. The van der Waals surface area contributed by atoms with Crippen molar-refractivity contribution in [2.45, 2.75) is 13.5 Å². The molecule has 2 N–H and O–H groups in total. The van der Waals surface area contributed by atoms with E-state index in [1.165, 1.54) is 10.7 Å². The second-order valence-electron chi connectivity index (χ2n) is 6.57. The zero-order valence-electron chi connectivity index (χ0n) is 15.4. The predicted octanol–water partition coefficient (Wildman–Crippen LogP) is 4.24. The first kappa shape index (κ1) is 19.1. The molecule has 0 radical (unpaired) electrons. The fourth-order valence-corrected chi connectivity index (χ4v) is 3.59. The van der Waals surface area contributed by atoms with Crippen LogP contribution in [0.5, 0.6) is 0 Å². The van der Waals surface area contributed by atoms with E-state index in [1.54, 1.807) is 49.5 Å². The number of nitrogens with zero attached hydrogens (tertiary/aromatic N) is 2. The Morgan fingerprint density at radius 2 is 1.86 bits per heavy atom. The zero-order valence-corrected chi connectivity index (χ0v) is 17.0. The van der Waals surface area contributed by atoms with Gasteiger partial charge in [0.25, 0.3) is 11.5 Å². The Labute approximate surface area is 173 Å². The van der Waals surface area contributed by atoms with Gasteiger partial charge in [0.05, 0.1) is 11.0 Å². The van der Waals surface area contributed by atoms with Crippen LogP contribution in [0.4, 0.5) is 10.2 Å². The lowest BCUT2D eigenvalue weighted by molar-refractivity contribution is 0.102. The van der Waals surface area contributed by atoms with Gasteiger partial charge in [-0.2, -0.15) is 5.10 Å². The lowest BCUT2D eigenvalue weighted by Gasteiger charge is -2.09. The summed E-state index contributed by atoms with van der Waals surface area (Å²) in [5.74, 6) is -0.531. The van der Waals surface area contributed by atoms with Crippen molar-refractivity contribution in [3.8, 4) is 0 Å². The van der Waals surface area contributed by atoms with Gasteiger partial charge in [0, 0.05) is 17.1 Å². The largest absolute Gasteiger partial charge is 0.317 e. The first-order valence-corrected chi connectivity index (χ1v) is 9.62. The van der Waals surface area contributed by atoms with E-state index in [2.05, 4.69) is 31.3 Å². The number of aromatic amines is 1. The summed E-state index contributed by atoms with van der Waals surface area (Å²) in [4.78, 5) is 27.8. The Kier molecular flexibility index (Phi) is 5.02. The second kappa shape index (κ2) is 7.63. The van der Waals surface area contributed by atoms with E-state index in [0.29, 0.717) is 26.4 Å². The van der Waals surface area contributed by atoms with Crippen molar-refractivity contribution in [2.24, 2.45) is 0 Å².